The van der Waals surface area contributed by atoms with Gasteiger partial charge in [0, 0.05) is 12.1 Å². The van der Waals surface area contributed by atoms with Crippen LogP contribution >= 0.6 is 0 Å². The minimum absolute atomic E-state index is 0.0414. The van der Waals surface area contributed by atoms with Gasteiger partial charge >= 0.3 is 0 Å². The number of hydrogen-bond donors (Lipinski definition) is 0. The molecule has 0 aromatic heterocycles. The van der Waals surface area contributed by atoms with Crippen molar-refractivity contribution in [3.63, 3.8) is 0 Å². The first-order valence-corrected chi connectivity index (χ1v) is 9.27. The maximum Gasteiger partial charge on any atom is 0.269 e. The maximum absolute atomic E-state index is 12.9. The van der Waals surface area contributed by atoms with Gasteiger partial charge in [0.25, 0.3) is 5.69 Å². The molecule has 3 fully saturated rings. The molecule has 0 radical (unpaired) electrons. The summed E-state index contributed by atoms with van der Waals surface area (Å²) in [5, 5.41) is 10.8. The highest BCUT2D eigenvalue weighted by atomic mass is 16.6. The molecule has 0 N–H and O–H groups in total. The van der Waals surface area contributed by atoms with Gasteiger partial charge in [-0.3, -0.25) is 24.6 Å². The molecule has 136 valence electrons. The lowest BCUT2D eigenvalue weighted by Gasteiger charge is -2.19. The molecular weight excluding hydrogens is 344 g/mol. The first kappa shape index (κ1) is 16.2. The van der Waals surface area contributed by atoms with Crippen molar-refractivity contribution in [2.24, 2.45) is 23.7 Å². The summed E-state index contributed by atoms with van der Waals surface area (Å²) in [5.74, 6) is 0.429. The molecular formula is C21H18N2O4. The van der Waals surface area contributed by atoms with Crippen LogP contribution in [-0.2, 0) is 9.59 Å². The summed E-state index contributed by atoms with van der Waals surface area (Å²) in [5.41, 5.74) is 2.39. The van der Waals surface area contributed by atoms with Gasteiger partial charge in [0.05, 0.1) is 22.4 Å². The maximum atomic E-state index is 12.9. The summed E-state index contributed by atoms with van der Waals surface area (Å²) in [6.07, 6.45) is 3.16. The molecule has 2 aromatic carbocycles. The van der Waals surface area contributed by atoms with E-state index in [1.807, 2.05) is 12.1 Å². The molecule has 4 atom stereocenters. The Kier molecular flexibility index (Phi) is 3.44. The Hall–Kier alpha value is -3.02. The Morgan fingerprint density at radius 2 is 1.30 bits per heavy atom. The van der Waals surface area contributed by atoms with Gasteiger partial charge in [-0.1, -0.05) is 12.1 Å². The molecule has 6 nitrogen and oxygen atoms in total. The lowest BCUT2D eigenvalue weighted by molar-refractivity contribution is -0.384. The fraction of sp³-hybridized carbons (Fsp3) is 0.333. The number of imide groups is 1. The van der Waals surface area contributed by atoms with Gasteiger partial charge in [-0.25, -0.2) is 0 Å². The molecule has 2 aliphatic carbocycles. The summed E-state index contributed by atoms with van der Waals surface area (Å²) in [7, 11) is 0. The van der Waals surface area contributed by atoms with Crippen LogP contribution in [0.3, 0.4) is 0 Å². The van der Waals surface area contributed by atoms with E-state index in [4.69, 9.17) is 0 Å². The minimum Gasteiger partial charge on any atom is -0.274 e. The zero-order chi connectivity index (χ0) is 18.7. The van der Waals surface area contributed by atoms with Crippen molar-refractivity contribution in [1.82, 2.24) is 0 Å². The van der Waals surface area contributed by atoms with Gasteiger partial charge in [-0.05, 0) is 66.5 Å². The third-order valence-electron chi connectivity index (χ3n) is 6.46. The zero-order valence-electron chi connectivity index (χ0n) is 14.6. The average Bonchev–Trinajstić information content (AvgIpc) is 3.36. The number of nitro groups is 1. The Bertz CT molecular complexity index is 923. The van der Waals surface area contributed by atoms with Crippen LogP contribution in [0, 0.1) is 33.8 Å². The van der Waals surface area contributed by atoms with Gasteiger partial charge in [-0.2, -0.15) is 0 Å². The number of anilines is 1. The smallest absolute Gasteiger partial charge is 0.269 e. The Morgan fingerprint density at radius 3 is 1.78 bits per heavy atom. The number of nitro benzene ring substituents is 1. The Balaban J connectivity index is 1.41. The molecule has 1 aliphatic heterocycles. The molecule has 2 bridgehead atoms. The monoisotopic (exact) mass is 362 g/mol. The summed E-state index contributed by atoms with van der Waals surface area (Å²) in [4.78, 5) is 37.5. The SMILES string of the molecule is O=C1[C@H]2[C@H]3CC[C@@H](C3)[C@@H]2C(=O)N1c1ccc(-c2ccc([N+](=O)[O-])cc2)cc1. The quantitative estimate of drug-likeness (QED) is 0.472. The second-order valence-corrected chi connectivity index (χ2v) is 7.75. The van der Waals surface area contributed by atoms with Crippen LogP contribution in [0.25, 0.3) is 11.1 Å². The van der Waals surface area contributed by atoms with Crippen molar-refractivity contribution in [3.05, 3.63) is 58.6 Å². The van der Waals surface area contributed by atoms with Crippen LogP contribution in [0.2, 0.25) is 0 Å². The van der Waals surface area contributed by atoms with Crippen molar-refractivity contribution in [1.29, 1.82) is 0 Å². The predicted octanol–water partition coefficient (Wildman–Crippen LogP) is 3.80. The predicted molar refractivity (Wildman–Crippen MR) is 98.8 cm³/mol. The molecule has 0 spiro atoms. The summed E-state index contributed by atoms with van der Waals surface area (Å²) in [6, 6.07) is 13.6. The molecule has 2 aromatic rings. The largest absolute Gasteiger partial charge is 0.274 e. The average molecular weight is 362 g/mol. The molecule has 27 heavy (non-hydrogen) atoms. The number of fused-ring (bicyclic) bond motifs is 5. The number of benzene rings is 2. The molecule has 6 heteroatoms. The van der Waals surface area contributed by atoms with Gasteiger partial charge in [0.1, 0.15) is 0 Å². The normalized spacial score (nSPS) is 28.7. The van der Waals surface area contributed by atoms with Gasteiger partial charge in [0.2, 0.25) is 11.8 Å². The number of amides is 2. The third-order valence-corrected chi connectivity index (χ3v) is 6.46. The molecule has 1 heterocycles. The molecule has 0 unspecified atom stereocenters. The molecule has 2 saturated carbocycles. The van der Waals surface area contributed by atoms with Crippen molar-refractivity contribution >= 4 is 23.2 Å². The molecule has 1 saturated heterocycles. The van der Waals surface area contributed by atoms with Crippen LogP contribution in [0.4, 0.5) is 11.4 Å². The second kappa shape index (κ2) is 5.74. The van der Waals surface area contributed by atoms with Gasteiger partial charge < -0.3 is 0 Å². The molecule has 5 rings (SSSR count). The summed E-state index contributed by atoms with van der Waals surface area (Å²) in [6.45, 7) is 0. The van der Waals surface area contributed by atoms with Crippen LogP contribution in [0.1, 0.15) is 19.3 Å². The van der Waals surface area contributed by atoms with E-state index in [9.17, 15) is 19.7 Å². The number of carbonyl (C=O) groups excluding carboxylic acids is 2. The standard InChI is InChI=1S/C21H18N2O4/c24-20-18-14-1-2-15(11-14)19(18)21(25)22(20)16-7-3-12(4-8-16)13-5-9-17(10-6-13)23(26)27/h3-10,14-15,18-19H,1-2,11H2/t14-,15-,18-,19-/m0/s1. The fourth-order valence-electron chi connectivity index (χ4n) is 5.24. The van der Waals surface area contributed by atoms with E-state index >= 15 is 0 Å². The van der Waals surface area contributed by atoms with Crippen molar-refractivity contribution in [3.8, 4) is 11.1 Å². The fourth-order valence-corrected chi connectivity index (χ4v) is 5.24. The number of non-ortho nitro benzene ring substituents is 1. The summed E-state index contributed by atoms with van der Waals surface area (Å²) < 4.78 is 0. The molecule has 3 aliphatic rings. The zero-order valence-corrected chi connectivity index (χ0v) is 14.6. The second-order valence-electron chi connectivity index (χ2n) is 7.75. The van der Waals surface area contributed by atoms with E-state index in [1.54, 1.807) is 24.3 Å². The first-order valence-electron chi connectivity index (χ1n) is 9.27. The van der Waals surface area contributed by atoms with Gasteiger partial charge in [0.15, 0.2) is 0 Å². The van der Waals surface area contributed by atoms with E-state index in [1.165, 1.54) is 17.0 Å². The number of rotatable bonds is 3. The Labute approximate surface area is 155 Å². The van der Waals surface area contributed by atoms with Crippen molar-refractivity contribution in [2.75, 3.05) is 4.90 Å². The highest BCUT2D eigenvalue weighted by Gasteiger charge is 2.61. The van der Waals surface area contributed by atoms with E-state index in [0.29, 0.717) is 17.5 Å². The lowest BCUT2D eigenvalue weighted by atomic mass is 9.81. The lowest BCUT2D eigenvalue weighted by Crippen LogP contribution is -2.32. The highest BCUT2D eigenvalue weighted by molar-refractivity contribution is 6.22. The van der Waals surface area contributed by atoms with Crippen LogP contribution < -0.4 is 4.90 Å². The van der Waals surface area contributed by atoms with Crippen LogP contribution in [-0.4, -0.2) is 16.7 Å². The van der Waals surface area contributed by atoms with E-state index in [-0.39, 0.29) is 29.3 Å². The first-order chi connectivity index (χ1) is 13.0. The third kappa shape index (κ3) is 2.32. The van der Waals surface area contributed by atoms with Crippen LogP contribution in [0.5, 0.6) is 0 Å². The van der Waals surface area contributed by atoms with E-state index < -0.39 is 4.92 Å². The van der Waals surface area contributed by atoms with Crippen LogP contribution in [0.15, 0.2) is 48.5 Å². The van der Waals surface area contributed by atoms with Crippen molar-refractivity contribution in [2.45, 2.75) is 19.3 Å². The Morgan fingerprint density at radius 1 is 0.815 bits per heavy atom. The van der Waals surface area contributed by atoms with Crippen molar-refractivity contribution < 1.29 is 14.5 Å². The van der Waals surface area contributed by atoms with Gasteiger partial charge in [-0.15, -0.1) is 0 Å². The number of nitrogens with zero attached hydrogens (tertiary/aromatic N) is 2. The highest BCUT2D eigenvalue weighted by Crippen LogP contribution is 2.56. The number of hydrogen-bond acceptors (Lipinski definition) is 4. The summed E-state index contributed by atoms with van der Waals surface area (Å²) >= 11 is 0. The van der Waals surface area contributed by atoms with E-state index in [0.717, 1.165) is 30.4 Å². The minimum atomic E-state index is -0.429. The van der Waals surface area contributed by atoms with E-state index in [2.05, 4.69) is 0 Å². The number of carbonyl (C=O) groups is 2. The topological polar surface area (TPSA) is 80.5 Å². The molecule has 2 amide bonds.